The average molecular weight is 257 g/mol. The Kier molecular flexibility index (Phi) is 3.27. The van der Waals surface area contributed by atoms with Crippen LogP contribution in [0.2, 0.25) is 10.0 Å². The third kappa shape index (κ3) is 1.99. The van der Waals surface area contributed by atoms with Crippen LogP contribution in [-0.4, -0.2) is 5.78 Å². The molecule has 3 heteroatoms. The van der Waals surface area contributed by atoms with Gasteiger partial charge in [0, 0.05) is 10.0 Å². The summed E-state index contributed by atoms with van der Waals surface area (Å²) in [5.41, 5.74) is 0.643. The van der Waals surface area contributed by atoms with Gasteiger partial charge in [-0.2, -0.15) is 0 Å². The van der Waals surface area contributed by atoms with Crippen molar-refractivity contribution in [2.24, 2.45) is 0 Å². The lowest BCUT2D eigenvalue weighted by atomic mass is 9.76. The fourth-order valence-corrected chi connectivity index (χ4v) is 3.18. The van der Waals surface area contributed by atoms with E-state index >= 15 is 0 Å². The van der Waals surface area contributed by atoms with Gasteiger partial charge in [0.1, 0.15) is 5.78 Å². The molecule has 0 unspecified atom stereocenters. The first kappa shape index (κ1) is 11.9. The monoisotopic (exact) mass is 256 g/mol. The molecule has 0 aromatic heterocycles. The molecule has 0 heterocycles. The molecule has 16 heavy (non-hydrogen) atoms. The Morgan fingerprint density at radius 1 is 1.12 bits per heavy atom. The van der Waals surface area contributed by atoms with E-state index in [0.717, 1.165) is 31.2 Å². The van der Waals surface area contributed by atoms with Gasteiger partial charge in [-0.25, -0.2) is 0 Å². The summed E-state index contributed by atoms with van der Waals surface area (Å²) < 4.78 is 0. The summed E-state index contributed by atoms with van der Waals surface area (Å²) in [4.78, 5) is 11.9. The van der Waals surface area contributed by atoms with E-state index in [1.165, 1.54) is 0 Å². The predicted molar refractivity (Wildman–Crippen MR) is 67.3 cm³/mol. The molecule has 1 nitrogen and oxygen atoms in total. The number of ketones is 1. The van der Waals surface area contributed by atoms with Crippen molar-refractivity contribution < 1.29 is 4.79 Å². The zero-order valence-electron chi connectivity index (χ0n) is 9.22. The summed E-state index contributed by atoms with van der Waals surface area (Å²) in [6.45, 7) is 1.67. The van der Waals surface area contributed by atoms with E-state index in [-0.39, 0.29) is 11.2 Å². The van der Waals surface area contributed by atoms with Crippen LogP contribution in [0.1, 0.15) is 38.2 Å². The van der Waals surface area contributed by atoms with Crippen LogP contribution in [0.4, 0.5) is 0 Å². The van der Waals surface area contributed by atoms with Crippen LogP contribution in [0, 0.1) is 0 Å². The first-order chi connectivity index (χ1) is 7.54. The third-order valence-corrected chi connectivity index (χ3v) is 3.98. The highest BCUT2D eigenvalue weighted by Gasteiger charge is 2.40. The van der Waals surface area contributed by atoms with Crippen molar-refractivity contribution in [2.75, 3.05) is 0 Å². The topological polar surface area (TPSA) is 17.1 Å². The Balaban J connectivity index is 2.51. The van der Waals surface area contributed by atoms with Gasteiger partial charge >= 0.3 is 0 Å². The number of Topliss-reactive ketones (excluding diaryl/α,β-unsaturated/α-hetero) is 1. The van der Waals surface area contributed by atoms with Crippen LogP contribution >= 0.6 is 23.2 Å². The minimum absolute atomic E-state index is 0.225. The summed E-state index contributed by atoms with van der Waals surface area (Å²) in [5.74, 6) is 0.225. The summed E-state index contributed by atoms with van der Waals surface area (Å²) in [5, 5.41) is 1.21. The Labute approximate surface area is 106 Å². The van der Waals surface area contributed by atoms with Crippen molar-refractivity contribution in [3.05, 3.63) is 33.8 Å². The summed E-state index contributed by atoms with van der Waals surface area (Å²) >= 11 is 12.0. The van der Waals surface area contributed by atoms with Crippen molar-refractivity contribution in [1.29, 1.82) is 0 Å². The quantitative estimate of drug-likeness (QED) is 0.767. The maximum absolute atomic E-state index is 11.9. The standard InChI is InChI=1S/C13H14Cl2O/c1-9(16)13(4-2-3-5-13)10-6-11(14)8-12(15)7-10/h6-8H,2-5H2,1H3. The highest BCUT2D eigenvalue weighted by atomic mass is 35.5. The van der Waals surface area contributed by atoms with Gasteiger partial charge in [0.05, 0.1) is 5.41 Å². The number of carbonyl (C=O) groups is 1. The summed E-state index contributed by atoms with van der Waals surface area (Å²) in [6, 6.07) is 5.45. The van der Waals surface area contributed by atoms with Gasteiger partial charge in [0.25, 0.3) is 0 Å². The van der Waals surface area contributed by atoms with Gasteiger partial charge in [-0.3, -0.25) is 4.79 Å². The van der Waals surface area contributed by atoms with E-state index in [4.69, 9.17) is 23.2 Å². The highest BCUT2D eigenvalue weighted by Crippen LogP contribution is 2.43. The Morgan fingerprint density at radius 3 is 2.06 bits per heavy atom. The third-order valence-electron chi connectivity index (χ3n) is 3.55. The summed E-state index contributed by atoms with van der Waals surface area (Å²) in [7, 11) is 0. The van der Waals surface area contributed by atoms with Crippen molar-refractivity contribution in [2.45, 2.75) is 38.0 Å². The second-order valence-corrected chi connectivity index (χ2v) is 5.38. The van der Waals surface area contributed by atoms with Gasteiger partial charge in [-0.15, -0.1) is 0 Å². The maximum atomic E-state index is 11.9. The van der Waals surface area contributed by atoms with Crippen LogP contribution in [0.15, 0.2) is 18.2 Å². The van der Waals surface area contributed by atoms with Gasteiger partial charge in [0.2, 0.25) is 0 Å². The van der Waals surface area contributed by atoms with E-state index in [2.05, 4.69) is 0 Å². The molecule has 86 valence electrons. The van der Waals surface area contributed by atoms with Gasteiger partial charge < -0.3 is 0 Å². The Bertz CT molecular complexity index is 400. The molecule has 1 aromatic rings. The van der Waals surface area contributed by atoms with Gasteiger partial charge in [-0.1, -0.05) is 36.0 Å². The SMILES string of the molecule is CC(=O)C1(c2cc(Cl)cc(Cl)c2)CCCC1. The normalized spacial score (nSPS) is 18.7. The van der Waals surface area contributed by atoms with E-state index in [1.54, 1.807) is 13.0 Å². The molecular weight excluding hydrogens is 243 g/mol. The molecule has 0 spiro atoms. The second kappa shape index (κ2) is 4.38. The summed E-state index contributed by atoms with van der Waals surface area (Å²) in [6.07, 6.45) is 4.03. The van der Waals surface area contributed by atoms with Gasteiger partial charge in [0.15, 0.2) is 0 Å². The highest BCUT2D eigenvalue weighted by molar-refractivity contribution is 6.34. The molecule has 2 rings (SSSR count). The molecule has 1 aliphatic rings. The molecule has 1 aromatic carbocycles. The smallest absolute Gasteiger partial charge is 0.140 e. The largest absolute Gasteiger partial charge is 0.299 e. The first-order valence-corrected chi connectivity index (χ1v) is 6.28. The van der Waals surface area contributed by atoms with Crippen molar-refractivity contribution in [3.8, 4) is 0 Å². The van der Waals surface area contributed by atoms with E-state index in [0.29, 0.717) is 10.0 Å². The molecule has 1 saturated carbocycles. The molecule has 0 atom stereocenters. The van der Waals surface area contributed by atoms with Crippen molar-refractivity contribution in [3.63, 3.8) is 0 Å². The Morgan fingerprint density at radius 2 is 1.62 bits per heavy atom. The lowest BCUT2D eigenvalue weighted by molar-refractivity contribution is -0.122. The van der Waals surface area contributed by atoms with Crippen LogP contribution in [0.3, 0.4) is 0 Å². The zero-order valence-corrected chi connectivity index (χ0v) is 10.7. The molecule has 0 N–H and O–H groups in total. The zero-order chi connectivity index (χ0) is 11.8. The van der Waals surface area contributed by atoms with Crippen LogP contribution in [-0.2, 0) is 10.2 Å². The average Bonchev–Trinajstić information content (AvgIpc) is 2.65. The number of halogens is 2. The van der Waals surface area contributed by atoms with Crippen LogP contribution in [0.25, 0.3) is 0 Å². The fourth-order valence-electron chi connectivity index (χ4n) is 2.65. The molecule has 0 amide bonds. The lowest BCUT2D eigenvalue weighted by Gasteiger charge is -2.26. The molecule has 0 saturated heterocycles. The van der Waals surface area contributed by atoms with Gasteiger partial charge in [-0.05, 0) is 43.5 Å². The number of hydrogen-bond acceptors (Lipinski definition) is 1. The lowest BCUT2D eigenvalue weighted by Crippen LogP contribution is -2.30. The Hall–Kier alpha value is -0.530. The number of rotatable bonds is 2. The molecule has 0 bridgehead atoms. The molecule has 1 aliphatic carbocycles. The van der Waals surface area contributed by atoms with Crippen molar-refractivity contribution >= 4 is 29.0 Å². The maximum Gasteiger partial charge on any atom is 0.140 e. The molecular formula is C13H14Cl2O. The molecule has 0 radical (unpaired) electrons. The fraction of sp³-hybridized carbons (Fsp3) is 0.462. The van der Waals surface area contributed by atoms with E-state index in [1.807, 2.05) is 12.1 Å². The minimum atomic E-state index is -0.339. The van der Waals surface area contributed by atoms with Crippen LogP contribution in [0.5, 0.6) is 0 Å². The van der Waals surface area contributed by atoms with Crippen LogP contribution < -0.4 is 0 Å². The molecule has 0 aliphatic heterocycles. The van der Waals surface area contributed by atoms with Crippen molar-refractivity contribution in [1.82, 2.24) is 0 Å². The first-order valence-electron chi connectivity index (χ1n) is 5.52. The molecule has 1 fully saturated rings. The number of hydrogen-bond donors (Lipinski definition) is 0. The number of carbonyl (C=O) groups excluding carboxylic acids is 1. The van der Waals surface area contributed by atoms with E-state index in [9.17, 15) is 4.79 Å². The number of benzene rings is 1. The minimum Gasteiger partial charge on any atom is -0.299 e. The second-order valence-electron chi connectivity index (χ2n) is 4.50. The predicted octanol–water partition coefficient (Wildman–Crippen LogP) is 4.39. The van der Waals surface area contributed by atoms with E-state index < -0.39 is 0 Å².